The highest BCUT2D eigenvalue weighted by Crippen LogP contribution is 2.24. The van der Waals surface area contributed by atoms with Crippen molar-refractivity contribution in [1.29, 1.82) is 0 Å². The Labute approximate surface area is 139 Å². The minimum absolute atomic E-state index is 0.167. The molecule has 2 aromatic heterocycles. The lowest BCUT2D eigenvalue weighted by atomic mass is 10.0. The van der Waals surface area contributed by atoms with Crippen LogP contribution in [0.1, 0.15) is 20.3 Å². The second-order valence-corrected chi connectivity index (χ2v) is 6.54. The van der Waals surface area contributed by atoms with Gasteiger partial charge in [-0.05, 0) is 20.3 Å². The summed E-state index contributed by atoms with van der Waals surface area (Å²) >= 11 is 0. The Morgan fingerprint density at radius 3 is 2.92 bits per heavy atom. The lowest BCUT2D eigenvalue weighted by Crippen LogP contribution is -2.51. The molecule has 24 heavy (non-hydrogen) atoms. The number of hydrogen-bond donors (Lipinski definition) is 2. The van der Waals surface area contributed by atoms with Crippen LogP contribution in [-0.2, 0) is 10.3 Å². The van der Waals surface area contributed by atoms with Gasteiger partial charge in [0.05, 0.1) is 6.20 Å². The Hall–Kier alpha value is -2.55. The molecule has 0 saturated carbocycles. The predicted molar refractivity (Wildman–Crippen MR) is 86.2 cm³/mol. The second kappa shape index (κ2) is 6.16. The summed E-state index contributed by atoms with van der Waals surface area (Å²) in [7, 11) is 0. The van der Waals surface area contributed by atoms with Crippen LogP contribution in [0.2, 0.25) is 0 Å². The van der Waals surface area contributed by atoms with Gasteiger partial charge in [-0.2, -0.15) is 5.10 Å². The number of rotatable bonds is 5. The Morgan fingerprint density at radius 1 is 1.42 bits per heavy atom. The Kier molecular flexibility index (Phi) is 4.18. The maximum atomic E-state index is 12.5. The molecule has 3 rings (SSSR count). The van der Waals surface area contributed by atoms with E-state index in [1.807, 2.05) is 4.90 Å². The maximum Gasteiger partial charge on any atom is 0.247 e. The van der Waals surface area contributed by atoms with Gasteiger partial charge in [-0.25, -0.2) is 14.6 Å². The van der Waals surface area contributed by atoms with E-state index < -0.39 is 11.1 Å². The second-order valence-electron chi connectivity index (χ2n) is 6.54. The van der Waals surface area contributed by atoms with Crippen molar-refractivity contribution in [3.63, 3.8) is 0 Å². The van der Waals surface area contributed by atoms with Crippen molar-refractivity contribution in [2.24, 2.45) is 0 Å². The molecular weight excluding hydrogens is 310 g/mol. The molecule has 1 fully saturated rings. The van der Waals surface area contributed by atoms with E-state index in [-0.39, 0.29) is 12.5 Å². The van der Waals surface area contributed by atoms with Crippen molar-refractivity contribution >= 4 is 11.7 Å². The summed E-state index contributed by atoms with van der Waals surface area (Å²) in [5.41, 5.74) is -1.87. The van der Waals surface area contributed by atoms with Crippen LogP contribution in [0.25, 0.3) is 0 Å². The fourth-order valence-electron chi connectivity index (χ4n) is 2.71. The highest BCUT2D eigenvalue weighted by atomic mass is 16.3. The molecule has 3 heterocycles. The van der Waals surface area contributed by atoms with Crippen molar-refractivity contribution in [2.45, 2.75) is 31.4 Å². The molecular formula is C15H21N7O2. The smallest absolute Gasteiger partial charge is 0.247 e. The summed E-state index contributed by atoms with van der Waals surface area (Å²) in [5.74, 6) is 0.502. The Balaban J connectivity index is 1.59. The molecule has 0 radical (unpaired) electrons. The minimum atomic E-state index is -0.994. The molecule has 1 aliphatic rings. The van der Waals surface area contributed by atoms with Gasteiger partial charge in [0.15, 0.2) is 0 Å². The van der Waals surface area contributed by atoms with Crippen LogP contribution in [0.15, 0.2) is 31.2 Å². The van der Waals surface area contributed by atoms with Gasteiger partial charge < -0.3 is 15.3 Å². The molecule has 2 N–H and O–H groups in total. The van der Waals surface area contributed by atoms with Crippen LogP contribution in [-0.4, -0.2) is 61.0 Å². The highest BCUT2D eigenvalue weighted by Gasteiger charge is 2.39. The molecule has 9 heteroatoms. The number of hydrogen-bond acceptors (Lipinski definition) is 7. The number of carbonyl (C=O) groups excluding carboxylic acids is 1. The molecule has 1 aliphatic heterocycles. The van der Waals surface area contributed by atoms with Crippen LogP contribution < -0.4 is 10.2 Å². The van der Waals surface area contributed by atoms with E-state index in [0.717, 1.165) is 5.82 Å². The number of aromatic nitrogens is 5. The van der Waals surface area contributed by atoms with E-state index in [2.05, 4.69) is 25.4 Å². The number of nitrogens with one attached hydrogen (secondary N) is 1. The molecule has 0 spiro atoms. The quantitative estimate of drug-likeness (QED) is 0.764. The van der Waals surface area contributed by atoms with Gasteiger partial charge >= 0.3 is 0 Å². The number of aliphatic hydroxyl groups is 1. The molecule has 9 nitrogen and oxygen atoms in total. The first-order valence-electron chi connectivity index (χ1n) is 7.77. The molecule has 1 saturated heterocycles. The summed E-state index contributed by atoms with van der Waals surface area (Å²) < 4.78 is 1.49. The van der Waals surface area contributed by atoms with Crippen LogP contribution in [0.5, 0.6) is 0 Å². The van der Waals surface area contributed by atoms with Gasteiger partial charge in [-0.1, -0.05) is 0 Å². The Bertz CT molecular complexity index is 689. The highest BCUT2D eigenvalue weighted by molar-refractivity contribution is 5.83. The summed E-state index contributed by atoms with van der Waals surface area (Å²) in [4.78, 5) is 26.6. The third-order valence-corrected chi connectivity index (χ3v) is 4.33. The molecule has 128 valence electrons. The molecule has 1 atom stereocenters. The summed E-state index contributed by atoms with van der Waals surface area (Å²) in [6.07, 6.45) is 8.33. The first-order valence-corrected chi connectivity index (χ1v) is 7.77. The fourth-order valence-corrected chi connectivity index (χ4v) is 2.71. The minimum Gasteiger partial charge on any atom is -0.386 e. The van der Waals surface area contributed by atoms with E-state index >= 15 is 0 Å². The number of nitrogens with zero attached hydrogens (tertiary/aromatic N) is 6. The van der Waals surface area contributed by atoms with Crippen LogP contribution in [0, 0.1) is 0 Å². The van der Waals surface area contributed by atoms with Gasteiger partial charge in [-0.15, -0.1) is 0 Å². The van der Waals surface area contributed by atoms with E-state index in [4.69, 9.17) is 0 Å². The summed E-state index contributed by atoms with van der Waals surface area (Å²) in [6.45, 7) is 4.73. The zero-order valence-electron chi connectivity index (χ0n) is 13.8. The Morgan fingerprint density at radius 2 is 2.25 bits per heavy atom. The summed E-state index contributed by atoms with van der Waals surface area (Å²) in [6, 6.07) is 0. The average Bonchev–Trinajstić information content (AvgIpc) is 3.24. The fraction of sp³-hybridized carbons (Fsp3) is 0.533. The number of carbonyl (C=O) groups is 1. The van der Waals surface area contributed by atoms with E-state index in [1.54, 1.807) is 32.4 Å². The third-order valence-electron chi connectivity index (χ3n) is 4.33. The topological polar surface area (TPSA) is 109 Å². The molecule has 1 amide bonds. The van der Waals surface area contributed by atoms with Crippen LogP contribution in [0.4, 0.5) is 5.82 Å². The number of anilines is 1. The average molecular weight is 331 g/mol. The van der Waals surface area contributed by atoms with Gasteiger partial charge in [0, 0.05) is 32.0 Å². The van der Waals surface area contributed by atoms with Crippen LogP contribution in [0.3, 0.4) is 0 Å². The monoisotopic (exact) mass is 331 g/mol. The maximum absolute atomic E-state index is 12.5. The van der Waals surface area contributed by atoms with Gasteiger partial charge in [0.25, 0.3) is 0 Å². The van der Waals surface area contributed by atoms with Crippen molar-refractivity contribution in [2.75, 3.05) is 24.5 Å². The third kappa shape index (κ3) is 3.21. The number of β-amino-alcohol motifs (C(OH)–C–C–N with tert-alkyl or cyclic N) is 1. The van der Waals surface area contributed by atoms with Gasteiger partial charge in [-0.3, -0.25) is 9.78 Å². The molecule has 0 bridgehead atoms. The lowest BCUT2D eigenvalue weighted by Gasteiger charge is -2.28. The van der Waals surface area contributed by atoms with Crippen molar-refractivity contribution in [3.8, 4) is 0 Å². The SMILES string of the molecule is CC(C)(C(=O)NCC1(O)CCN(c2cnccn2)C1)n1cncn1. The van der Waals surface area contributed by atoms with Crippen LogP contribution >= 0.6 is 0 Å². The zero-order chi connectivity index (χ0) is 17.2. The van der Waals surface area contributed by atoms with E-state index in [0.29, 0.717) is 19.5 Å². The van der Waals surface area contributed by atoms with E-state index in [1.165, 1.54) is 17.3 Å². The van der Waals surface area contributed by atoms with E-state index in [9.17, 15) is 9.90 Å². The van der Waals surface area contributed by atoms with Gasteiger partial charge in [0.1, 0.15) is 29.6 Å². The summed E-state index contributed by atoms with van der Waals surface area (Å²) in [5, 5.41) is 17.6. The van der Waals surface area contributed by atoms with Gasteiger partial charge in [0.2, 0.25) is 5.91 Å². The largest absolute Gasteiger partial charge is 0.386 e. The van der Waals surface area contributed by atoms with Crippen molar-refractivity contribution < 1.29 is 9.90 Å². The first kappa shape index (κ1) is 16.3. The first-order chi connectivity index (χ1) is 11.4. The van der Waals surface area contributed by atoms with Crippen molar-refractivity contribution in [3.05, 3.63) is 31.2 Å². The zero-order valence-corrected chi connectivity index (χ0v) is 13.8. The molecule has 0 aliphatic carbocycles. The predicted octanol–water partition coefficient (Wildman–Crippen LogP) is -0.439. The normalized spacial score (nSPS) is 21.0. The molecule has 0 aromatic carbocycles. The standard InChI is InChI=1S/C15H21N7O2/c1-14(2,22-11-17-10-20-22)13(23)19-8-15(24)3-6-21(9-15)12-7-16-4-5-18-12/h4-5,7,10-11,24H,3,6,8-9H2,1-2H3,(H,19,23). The number of amides is 1. The lowest BCUT2D eigenvalue weighted by molar-refractivity contribution is -0.130. The molecule has 1 unspecified atom stereocenters. The molecule has 2 aromatic rings. The van der Waals surface area contributed by atoms with Crippen molar-refractivity contribution in [1.82, 2.24) is 30.0 Å².